The van der Waals surface area contributed by atoms with Crippen LogP contribution in [0.1, 0.15) is 5.69 Å². The van der Waals surface area contributed by atoms with E-state index in [-0.39, 0.29) is 6.61 Å². The summed E-state index contributed by atoms with van der Waals surface area (Å²) in [5.41, 5.74) is 1.00. The fourth-order valence-electron chi connectivity index (χ4n) is 0.853. The van der Waals surface area contributed by atoms with Crippen LogP contribution in [0.3, 0.4) is 0 Å². The van der Waals surface area contributed by atoms with E-state index in [1.54, 1.807) is 4.68 Å². The molecule has 1 aromatic heterocycles. The van der Waals surface area contributed by atoms with Crippen molar-refractivity contribution in [3.63, 3.8) is 0 Å². The molecule has 11 heavy (non-hydrogen) atoms. The second-order valence-corrected chi connectivity index (χ2v) is 2.38. The summed E-state index contributed by atoms with van der Waals surface area (Å²) in [7, 11) is 1.88. The van der Waals surface area contributed by atoms with E-state index in [2.05, 4.69) is 10.4 Å². The molecule has 4 nitrogen and oxygen atoms in total. The largest absolute Gasteiger partial charge is 0.395 e. The number of aliphatic hydroxyl groups excluding tert-OH is 1. The molecule has 1 aromatic rings. The van der Waals surface area contributed by atoms with Gasteiger partial charge in [0.25, 0.3) is 0 Å². The summed E-state index contributed by atoms with van der Waals surface area (Å²) in [6.07, 6.45) is 1.90. The van der Waals surface area contributed by atoms with Gasteiger partial charge < -0.3 is 10.4 Å². The topological polar surface area (TPSA) is 50.1 Å². The SMILES string of the molecule is Cn1ccc(CNCCO)n1. The predicted molar refractivity (Wildman–Crippen MR) is 42.0 cm³/mol. The number of hydrogen-bond acceptors (Lipinski definition) is 3. The van der Waals surface area contributed by atoms with E-state index in [1.165, 1.54) is 0 Å². The first kappa shape index (κ1) is 8.23. The number of aryl methyl sites for hydroxylation is 1. The maximum Gasteiger partial charge on any atom is 0.0762 e. The molecule has 0 unspecified atom stereocenters. The highest BCUT2D eigenvalue weighted by Crippen LogP contribution is 1.91. The number of nitrogens with one attached hydrogen (secondary N) is 1. The van der Waals surface area contributed by atoms with Gasteiger partial charge in [0.2, 0.25) is 0 Å². The summed E-state index contributed by atoms with van der Waals surface area (Å²) in [5, 5.41) is 15.7. The van der Waals surface area contributed by atoms with Crippen molar-refractivity contribution in [1.82, 2.24) is 15.1 Å². The van der Waals surface area contributed by atoms with E-state index in [1.807, 2.05) is 19.3 Å². The lowest BCUT2D eigenvalue weighted by atomic mass is 10.4. The van der Waals surface area contributed by atoms with Crippen LogP contribution in [-0.2, 0) is 13.6 Å². The number of nitrogens with zero attached hydrogens (tertiary/aromatic N) is 2. The number of hydrogen-bond donors (Lipinski definition) is 2. The second kappa shape index (κ2) is 4.10. The Morgan fingerprint density at radius 2 is 2.55 bits per heavy atom. The van der Waals surface area contributed by atoms with Crippen molar-refractivity contribution in [2.24, 2.45) is 7.05 Å². The molecule has 0 aromatic carbocycles. The van der Waals surface area contributed by atoms with E-state index in [4.69, 9.17) is 5.11 Å². The molecule has 0 fully saturated rings. The zero-order chi connectivity index (χ0) is 8.10. The van der Waals surface area contributed by atoms with Crippen molar-refractivity contribution in [1.29, 1.82) is 0 Å². The van der Waals surface area contributed by atoms with Gasteiger partial charge in [0.15, 0.2) is 0 Å². The van der Waals surface area contributed by atoms with Gasteiger partial charge in [-0.2, -0.15) is 5.10 Å². The summed E-state index contributed by atoms with van der Waals surface area (Å²) in [4.78, 5) is 0. The Balaban J connectivity index is 2.27. The molecule has 0 aliphatic rings. The van der Waals surface area contributed by atoms with Crippen molar-refractivity contribution in [3.05, 3.63) is 18.0 Å². The molecular weight excluding hydrogens is 142 g/mol. The Morgan fingerprint density at radius 3 is 3.09 bits per heavy atom. The van der Waals surface area contributed by atoms with Gasteiger partial charge in [-0.15, -0.1) is 0 Å². The van der Waals surface area contributed by atoms with E-state index in [0.29, 0.717) is 6.54 Å². The molecule has 62 valence electrons. The highest BCUT2D eigenvalue weighted by molar-refractivity contribution is 4.97. The Bertz CT molecular complexity index is 209. The van der Waals surface area contributed by atoms with Gasteiger partial charge >= 0.3 is 0 Å². The number of aliphatic hydroxyl groups is 1. The highest BCUT2D eigenvalue weighted by atomic mass is 16.3. The lowest BCUT2D eigenvalue weighted by Crippen LogP contribution is -2.17. The monoisotopic (exact) mass is 155 g/mol. The van der Waals surface area contributed by atoms with Gasteiger partial charge in [-0.05, 0) is 6.07 Å². The lowest BCUT2D eigenvalue weighted by molar-refractivity contribution is 0.291. The average molecular weight is 155 g/mol. The van der Waals surface area contributed by atoms with Gasteiger partial charge in [0.05, 0.1) is 12.3 Å². The predicted octanol–water partition coefficient (Wildman–Crippen LogP) is -0.498. The van der Waals surface area contributed by atoms with Crippen LogP contribution < -0.4 is 5.32 Å². The molecule has 0 saturated heterocycles. The zero-order valence-corrected chi connectivity index (χ0v) is 6.62. The minimum atomic E-state index is 0.173. The van der Waals surface area contributed by atoms with E-state index < -0.39 is 0 Å². The molecule has 0 saturated carbocycles. The molecule has 0 amide bonds. The summed E-state index contributed by atoms with van der Waals surface area (Å²) < 4.78 is 1.76. The molecule has 0 bridgehead atoms. The standard InChI is InChI=1S/C7H13N3O/c1-10-4-2-7(9-10)6-8-3-5-11/h2,4,8,11H,3,5-6H2,1H3. The van der Waals surface area contributed by atoms with Crippen molar-refractivity contribution in [2.75, 3.05) is 13.2 Å². The van der Waals surface area contributed by atoms with Crippen LogP contribution in [0.4, 0.5) is 0 Å². The summed E-state index contributed by atoms with van der Waals surface area (Å²) in [6.45, 7) is 1.52. The van der Waals surface area contributed by atoms with Crippen molar-refractivity contribution in [2.45, 2.75) is 6.54 Å². The third-order valence-electron chi connectivity index (χ3n) is 1.36. The van der Waals surface area contributed by atoms with Gasteiger partial charge in [0.1, 0.15) is 0 Å². The van der Waals surface area contributed by atoms with Crippen LogP contribution >= 0.6 is 0 Å². The molecule has 0 radical (unpaired) electrons. The Morgan fingerprint density at radius 1 is 1.73 bits per heavy atom. The first-order valence-corrected chi connectivity index (χ1v) is 3.63. The molecule has 0 atom stereocenters. The summed E-state index contributed by atoms with van der Waals surface area (Å²) >= 11 is 0. The molecular formula is C7H13N3O. The van der Waals surface area contributed by atoms with Crippen LogP contribution in [0.5, 0.6) is 0 Å². The van der Waals surface area contributed by atoms with Crippen LogP contribution in [0.15, 0.2) is 12.3 Å². The molecule has 0 aliphatic carbocycles. The summed E-state index contributed by atoms with van der Waals surface area (Å²) in [5.74, 6) is 0. The quantitative estimate of drug-likeness (QED) is 0.576. The van der Waals surface area contributed by atoms with E-state index in [9.17, 15) is 0 Å². The first-order chi connectivity index (χ1) is 5.33. The van der Waals surface area contributed by atoms with Crippen molar-refractivity contribution < 1.29 is 5.11 Å². The third kappa shape index (κ3) is 2.69. The average Bonchev–Trinajstić information content (AvgIpc) is 2.37. The molecule has 1 heterocycles. The Hall–Kier alpha value is -0.870. The fraction of sp³-hybridized carbons (Fsp3) is 0.571. The number of aromatic nitrogens is 2. The highest BCUT2D eigenvalue weighted by Gasteiger charge is 1.93. The van der Waals surface area contributed by atoms with E-state index in [0.717, 1.165) is 12.2 Å². The van der Waals surface area contributed by atoms with Crippen LogP contribution in [0.25, 0.3) is 0 Å². The van der Waals surface area contributed by atoms with Crippen molar-refractivity contribution >= 4 is 0 Å². The minimum absolute atomic E-state index is 0.173. The van der Waals surface area contributed by atoms with Crippen LogP contribution in [0.2, 0.25) is 0 Å². The zero-order valence-electron chi connectivity index (χ0n) is 6.62. The molecule has 1 rings (SSSR count). The lowest BCUT2D eigenvalue weighted by Gasteiger charge is -1.97. The van der Waals surface area contributed by atoms with Gasteiger partial charge in [-0.3, -0.25) is 4.68 Å². The maximum absolute atomic E-state index is 8.46. The smallest absolute Gasteiger partial charge is 0.0762 e. The minimum Gasteiger partial charge on any atom is -0.395 e. The van der Waals surface area contributed by atoms with Crippen LogP contribution in [0, 0.1) is 0 Å². The second-order valence-electron chi connectivity index (χ2n) is 2.38. The van der Waals surface area contributed by atoms with Gasteiger partial charge in [0, 0.05) is 26.3 Å². The third-order valence-corrected chi connectivity index (χ3v) is 1.36. The Labute approximate surface area is 65.8 Å². The molecule has 2 N–H and O–H groups in total. The van der Waals surface area contributed by atoms with Gasteiger partial charge in [-0.25, -0.2) is 0 Å². The maximum atomic E-state index is 8.46. The molecule has 4 heteroatoms. The summed E-state index contributed by atoms with van der Waals surface area (Å²) in [6, 6.07) is 1.95. The Kier molecular flexibility index (Phi) is 3.07. The van der Waals surface area contributed by atoms with E-state index >= 15 is 0 Å². The molecule has 0 spiro atoms. The van der Waals surface area contributed by atoms with Crippen molar-refractivity contribution in [3.8, 4) is 0 Å². The normalized spacial score (nSPS) is 10.4. The van der Waals surface area contributed by atoms with Gasteiger partial charge in [-0.1, -0.05) is 0 Å². The first-order valence-electron chi connectivity index (χ1n) is 3.63. The number of rotatable bonds is 4. The molecule has 0 aliphatic heterocycles. The van der Waals surface area contributed by atoms with Crippen LogP contribution in [-0.4, -0.2) is 28.0 Å². The fourth-order valence-corrected chi connectivity index (χ4v) is 0.853.